The van der Waals surface area contributed by atoms with Gasteiger partial charge >= 0.3 is 0 Å². The average Bonchev–Trinajstić information content (AvgIpc) is 3.01. The van der Waals surface area contributed by atoms with Crippen LogP contribution in [-0.2, 0) is 17.8 Å². The molecule has 3 nitrogen and oxygen atoms in total. The van der Waals surface area contributed by atoms with Crippen LogP contribution in [0.5, 0.6) is 0 Å². The molecule has 4 rings (SSSR count). The highest BCUT2D eigenvalue weighted by molar-refractivity contribution is 7.10. The summed E-state index contributed by atoms with van der Waals surface area (Å²) in [7, 11) is 0. The molecule has 1 N–H and O–H groups in total. The number of hydrogen-bond acceptors (Lipinski definition) is 2. The molecule has 1 amide bonds. The van der Waals surface area contributed by atoms with Crippen molar-refractivity contribution in [1.82, 2.24) is 9.88 Å². The fraction of sp³-hybridized carbons (Fsp3) is 0.278. The first kappa shape index (κ1) is 13.6. The number of thiophene rings is 1. The molecule has 2 aromatic heterocycles. The predicted molar refractivity (Wildman–Crippen MR) is 89.9 cm³/mol. The summed E-state index contributed by atoms with van der Waals surface area (Å²) in [5.41, 5.74) is 2.36. The first-order valence-electron chi connectivity index (χ1n) is 7.68. The average molecular weight is 310 g/mol. The Kier molecular flexibility index (Phi) is 3.47. The lowest BCUT2D eigenvalue weighted by molar-refractivity contribution is -0.131. The highest BCUT2D eigenvalue weighted by atomic mass is 32.1. The lowest BCUT2D eigenvalue weighted by Crippen LogP contribution is -2.33. The standard InChI is InChI=1S/C18H18N2OS/c21-18(11-15-4-2-10-22-15)20(14-6-7-14)12-13-3-1-5-17-16(13)8-9-19-17/h1-5,8-10,14,19H,6-7,11-12H2. The van der Waals surface area contributed by atoms with Crippen molar-refractivity contribution in [2.45, 2.75) is 31.8 Å². The number of aromatic nitrogens is 1. The molecule has 112 valence electrons. The quantitative estimate of drug-likeness (QED) is 0.760. The highest BCUT2D eigenvalue weighted by Gasteiger charge is 2.32. The van der Waals surface area contributed by atoms with Gasteiger partial charge in [0.2, 0.25) is 5.91 Å². The Labute approximate surface area is 133 Å². The van der Waals surface area contributed by atoms with Crippen molar-refractivity contribution in [1.29, 1.82) is 0 Å². The summed E-state index contributed by atoms with van der Waals surface area (Å²) in [6.07, 6.45) is 4.76. The van der Waals surface area contributed by atoms with E-state index in [-0.39, 0.29) is 5.91 Å². The molecule has 3 aromatic rings. The number of carbonyl (C=O) groups is 1. The number of aromatic amines is 1. The van der Waals surface area contributed by atoms with E-state index in [0.717, 1.165) is 23.2 Å². The minimum absolute atomic E-state index is 0.248. The summed E-state index contributed by atoms with van der Waals surface area (Å²) < 4.78 is 0. The maximum atomic E-state index is 12.7. The molecule has 2 heterocycles. The summed E-state index contributed by atoms with van der Waals surface area (Å²) in [5, 5.41) is 3.25. The van der Waals surface area contributed by atoms with Crippen LogP contribution in [0.15, 0.2) is 48.0 Å². The van der Waals surface area contributed by atoms with E-state index < -0.39 is 0 Å². The summed E-state index contributed by atoms with van der Waals surface area (Å²) in [4.78, 5) is 19.2. The van der Waals surface area contributed by atoms with Gasteiger partial charge in [-0.2, -0.15) is 0 Å². The van der Waals surface area contributed by atoms with E-state index in [0.29, 0.717) is 19.0 Å². The molecule has 1 aliphatic carbocycles. The zero-order valence-corrected chi connectivity index (χ0v) is 13.1. The Morgan fingerprint density at radius 1 is 1.23 bits per heavy atom. The molecule has 4 heteroatoms. The third-order valence-corrected chi connectivity index (χ3v) is 5.12. The smallest absolute Gasteiger partial charge is 0.228 e. The first-order chi connectivity index (χ1) is 10.8. The van der Waals surface area contributed by atoms with Gasteiger partial charge in [-0.05, 0) is 42.0 Å². The fourth-order valence-corrected chi connectivity index (χ4v) is 3.64. The molecule has 0 spiro atoms. The maximum Gasteiger partial charge on any atom is 0.228 e. The second-order valence-electron chi connectivity index (χ2n) is 5.86. The molecule has 22 heavy (non-hydrogen) atoms. The minimum Gasteiger partial charge on any atom is -0.361 e. The lowest BCUT2D eigenvalue weighted by atomic mass is 10.1. The van der Waals surface area contributed by atoms with Crippen molar-refractivity contribution in [2.75, 3.05) is 0 Å². The second-order valence-corrected chi connectivity index (χ2v) is 6.90. The van der Waals surface area contributed by atoms with Gasteiger partial charge in [-0.25, -0.2) is 0 Å². The van der Waals surface area contributed by atoms with Crippen molar-refractivity contribution in [2.24, 2.45) is 0 Å². The molecule has 0 radical (unpaired) electrons. The van der Waals surface area contributed by atoms with Crippen LogP contribution in [-0.4, -0.2) is 21.8 Å². The monoisotopic (exact) mass is 310 g/mol. The van der Waals surface area contributed by atoms with Gasteiger partial charge in [-0.3, -0.25) is 4.79 Å². The number of carbonyl (C=O) groups excluding carboxylic acids is 1. The predicted octanol–water partition coefficient (Wildman–Crippen LogP) is 3.96. The van der Waals surface area contributed by atoms with Crippen LogP contribution in [0, 0.1) is 0 Å². The number of nitrogens with one attached hydrogen (secondary N) is 1. The van der Waals surface area contributed by atoms with Gasteiger partial charge in [0.25, 0.3) is 0 Å². The van der Waals surface area contributed by atoms with E-state index in [1.54, 1.807) is 11.3 Å². The summed E-state index contributed by atoms with van der Waals surface area (Å²) in [5.74, 6) is 0.248. The molecule has 0 bridgehead atoms. The van der Waals surface area contributed by atoms with E-state index in [2.05, 4.69) is 34.1 Å². The zero-order chi connectivity index (χ0) is 14.9. The van der Waals surface area contributed by atoms with Gasteiger partial charge in [-0.15, -0.1) is 11.3 Å². The molecule has 0 atom stereocenters. The van der Waals surface area contributed by atoms with Crippen molar-refractivity contribution < 1.29 is 4.79 Å². The molecule has 1 aliphatic rings. The normalized spacial score (nSPS) is 14.4. The van der Waals surface area contributed by atoms with Gasteiger partial charge in [0.15, 0.2) is 0 Å². The Bertz CT molecular complexity index is 786. The first-order valence-corrected chi connectivity index (χ1v) is 8.56. The van der Waals surface area contributed by atoms with Crippen molar-refractivity contribution >= 4 is 28.1 Å². The van der Waals surface area contributed by atoms with E-state index in [9.17, 15) is 4.79 Å². The molecular formula is C18H18N2OS. The number of H-pyrrole nitrogens is 1. The van der Waals surface area contributed by atoms with Gasteiger partial charge in [0.05, 0.1) is 6.42 Å². The molecule has 1 fully saturated rings. The zero-order valence-electron chi connectivity index (χ0n) is 12.3. The highest BCUT2D eigenvalue weighted by Crippen LogP contribution is 2.30. The number of benzene rings is 1. The van der Waals surface area contributed by atoms with E-state index in [1.807, 2.05) is 23.7 Å². The number of amides is 1. The van der Waals surface area contributed by atoms with Crippen LogP contribution in [0.3, 0.4) is 0 Å². The maximum absolute atomic E-state index is 12.7. The van der Waals surface area contributed by atoms with Crippen LogP contribution in [0.4, 0.5) is 0 Å². The molecule has 1 aromatic carbocycles. The summed E-state index contributed by atoms with van der Waals surface area (Å²) in [6.45, 7) is 0.712. The molecule has 1 saturated carbocycles. The van der Waals surface area contributed by atoms with Crippen LogP contribution in [0.1, 0.15) is 23.3 Å². The molecule has 0 saturated heterocycles. The van der Waals surface area contributed by atoms with Crippen LogP contribution < -0.4 is 0 Å². The fourth-order valence-electron chi connectivity index (χ4n) is 2.94. The number of fused-ring (bicyclic) bond motifs is 1. The Hall–Kier alpha value is -2.07. The van der Waals surface area contributed by atoms with Gasteiger partial charge < -0.3 is 9.88 Å². The third-order valence-electron chi connectivity index (χ3n) is 4.24. The Morgan fingerprint density at radius 3 is 2.91 bits per heavy atom. The minimum atomic E-state index is 0.248. The SMILES string of the molecule is O=C(Cc1cccs1)N(Cc1cccc2[nH]ccc12)C1CC1. The summed E-state index contributed by atoms with van der Waals surface area (Å²) >= 11 is 1.66. The second kappa shape index (κ2) is 5.61. The van der Waals surface area contributed by atoms with Crippen molar-refractivity contribution in [3.8, 4) is 0 Å². The topological polar surface area (TPSA) is 36.1 Å². The molecule has 0 unspecified atom stereocenters. The van der Waals surface area contributed by atoms with Crippen LogP contribution >= 0.6 is 11.3 Å². The lowest BCUT2D eigenvalue weighted by Gasteiger charge is -2.23. The van der Waals surface area contributed by atoms with E-state index in [1.165, 1.54) is 10.9 Å². The Morgan fingerprint density at radius 2 is 2.14 bits per heavy atom. The van der Waals surface area contributed by atoms with Crippen molar-refractivity contribution in [3.63, 3.8) is 0 Å². The van der Waals surface area contributed by atoms with Gasteiger partial charge in [-0.1, -0.05) is 18.2 Å². The Balaban J connectivity index is 1.57. The van der Waals surface area contributed by atoms with Crippen LogP contribution in [0.25, 0.3) is 10.9 Å². The van der Waals surface area contributed by atoms with E-state index in [4.69, 9.17) is 0 Å². The van der Waals surface area contributed by atoms with Gasteiger partial charge in [0, 0.05) is 34.6 Å². The third kappa shape index (κ3) is 2.66. The number of nitrogens with zero attached hydrogens (tertiary/aromatic N) is 1. The number of rotatable bonds is 5. The van der Waals surface area contributed by atoms with E-state index >= 15 is 0 Å². The largest absolute Gasteiger partial charge is 0.361 e. The van der Waals surface area contributed by atoms with Crippen molar-refractivity contribution in [3.05, 3.63) is 58.4 Å². The summed E-state index contributed by atoms with van der Waals surface area (Å²) in [6, 6.07) is 12.8. The molecule has 0 aliphatic heterocycles. The number of hydrogen-bond donors (Lipinski definition) is 1. The van der Waals surface area contributed by atoms with Crippen LogP contribution in [0.2, 0.25) is 0 Å². The van der Waals surface area contributed by atoms with Gasteiger partial charge in [0.1, 0.15) is 0 Å². The molecular weight excluding hydrogens is 292 g/mol.